The number of rotatable bonds is 6. The topological polar surface area (TPSA) is 107 Å². The molecule has 0 unspecified atom stereocenters. The van der Waals surface area contributed by atoms with Gasteiger partial charge in [0.05, 0.1) is 10.9 Å². The highest BCUT2D eigenvalue weighted by molar-refractivity contribution is 6.17. The van der Waals surface area contributed by atoms with Gasteiger partial charge in [-0.05, 0) is 29.8 Å². The number of amides is 2. The Morgan fingerprint density at radius 2 is 1.97 bits per heavy atom. The smallest absolute Gasteiger partial charge is 0.286 e. The highest BCUT2D eigenvalue weighted by Gasteiger charge is 2.24. The first-order valence-electron chi connectivity index (χ1n) is 9.17. The van der Waals surface area contributed by atoms with Gasteiger partial charge in [-0.3, -0.25) is 9.59 Å². The monoisotopic (exact) mass is 457 g/mol. The summed E-state index contributed by atoms with van der Waals surface area (Å²) >= 11 is 5.81. The fraction of sp³-hybridized carbons (Fsp3) is 0.0455. The van der Waals surface area contributed by atoms with Crippen LogP contribution < -0.4 is 15.8 Å². The molecular formula is C22H14ClF2N3O4. The molecule has 7 nitrogen and oxygen atoms in total. The van der Waals surface area contributed by atoms with Crippen LogP contribution in [0.4, 0.5) is 14.5 Å². The fourth-order valence-corrected chi connectivity index (χ4v) is 3.16. The zero-order valence-electron chi connectivity index (χ0n) is 16.2. The number of furan rings is 1. The summed E-state index contributed by atoms with van der Waals surface area (Å²) in [6.07, 6.45) is 1.24. The highest BCUT2D eigenvalue weighted by Crippen LogP contribution is 2.33. The van der Waals surface area contributed by atoms with Crippen LogP contribution in [0, 0.1) is 11.6 Å². The molecule has 0 saturated heterocycles. The first-order valence-corrected chi connectivity index (χ1v) is 9.70. The molecule has 3 N–H and O–H groups in total. The molecule has 4 aromatic rings. The van der Waals surface area contributed by atoms with Crippen LogP contribution >= 0.6 is 11.6 Å². The molecule has 4 rings (SSSR count). The second-order valence-electron chi connectivity index (χ2n) is 6.66. The minimum Gasteiger partial charge on any atom is -0.446 e. The normalized spacial score (nSPS) is 10.8. The van der Waals surface area contributed by atoms with E-state index in [1.807, 2.05) is 6.07 Å². The maximum atomic E-state index is 14.0. The predicted octanol–water partition coefficient (Wildman–Crippen LogP) is 4.99. The first-order chi connectivity index (χ1) is 15.4. The summed E-state index contributed by atoms with van der Waals surface area (Å²) in [5, 5.41) is 2.27. The molecule has 2 aromatic carbocycles. The summed E-state index contributed by atoms with van der Waals surface area (Å²) in [5.41, 5.74) is 5.57. The third-order valence-electron chi connectivity index (χ3n) is 4.44. The summed E-state index contributed by atoms with van der Waals surface area (Å²) in [6, 6.07) is 11.5. The number of carbonyl (C=O) groups excluding carboxylic acids is 2. The van der Waals surface area contributed by atoms with Crippen molar-refractivity contribution >= 4 is 40.1 Å². The minimum absolute atomic E-state index is 0.0912. The number of halogens is 3. The van der Waals surface area contributed by atoms with Crippen molar-refractivity contribution in [1.29, 1.82) is 0 Å². The van der Waals surface area contributed by atoms with Crippen molar-refractivity contribution in [2.45, 2.75) is 5.88 Å². The largest absolute Gasteiger partial charge is 0.446 e. The maximum Gasteiger partial charge on any atom is 0.286 e. The highest BCUT2D eigenvalue weighted by atomic mass is 35.5. The Bertz CT molecular complexity index is 1340. The quantitative estimate of drug-likeness (QED) is 0.397. The Hall–Kier alpha value is -3.98. The summed E-state index contributed by atoms with van der Waals surface area (Å²) in [4.78, 5) is 28.4. The lowest BCUT2D eigenvalue weighted by atomic mass is 10.2. The molecule has 0 atom stereocenters. The van der Waals surface area contributed by atoms with Crippen LogP contribution in [0.3, 0.4) is 0 Å². The Kier molecular flexibility index (Phi) is 5.74. The van der Waals surface area contributed by atoms with Gasteiger partial charge in [-0.2, -0.15) is 0 Å². The van der Waals surface area contributed by atoms with Gasteiger partial charge in [0.15, 0.2) is 11.4 Å². The molecule has 32 heavy (non-hydrogen) atoms. The molecule has 0 aliphatic rings. The molecule has 10 heteroatoms. The van der Waals surface area contributed by atoms with Gasteiger partial charge in [0, 0.05) is 24.2 Å². The van der Waals surface area contributed by atoms with E-state index in [-0.39, 0.29) is 22.5 Å². The zero-order valence-corrected chi connectivity index (χ0v) is 17.0. The molecule has 162 valence electrons. The number of aromatic nitrogens is 1. The van der Waals surface area contributed by atoms with E-state index >= 15 is 0 Å². The Balaban J connectivity index is 1.58. The van der Waals surface area contributed by atoms with Crippen LogP contribution in [0.5, 0.6) is 11.6 Å². The number of nitrogens with two attached hydrogens (primary N) is 1. The fourth-order valence-electron chi connectivity index (χ4n) is 3.00. The van der Waals surface area contributed by atoms with Crippen molar-refractivity contribution in [3.63, 3.8) is 0 Å². The minimum atomic E-state index is -1.06. The predicted molar refractivity (Wildman–Crippen MR) is 113 cm³/mol. The van der Waals surface area contributed by atoms with Crippen molar-refractivity contribution in [3.8, 4) is 11.6 Å². The van der Waals surface area contributed by atoms with E-state index in [4.69, 9.17) is 26.5 Å². The molecule has 0 bridgehead atoms. The van der Waals surface area contributed by atoms with Crippen LogP contribution in [0.15, 0.2) is 59.1 Å². The number of ether oxygens (including phenoxy) is 1. The molecule has 2 amide bonds. The van der Waals surface area contributed by atoms with Crippen LogP contribution in [-0.4, -0.2) is 16.8 Å². The van der Waals surface area contributed by atoms with E-state index in [1.54, 1.807) is 18.2 Å². The van der Waals surface area contributed by atoms with Crippen molar-refractivity contribution < 1.29 is 27.5 Å². The Labute approximate surface area is 184 Å². The van der Waals surface area contributed by atoms with E-state index in [0.29, 0.717) is 17.7 Å². The molecule has 0 radical (unpaired) electrons. The standard InChI is InChI=1S/C22H14ClF2N3O4/c23-9-11-2-1-3-14(6-11)31-17-5-4-12(10-27-17)22(30)28-18-15-7-13(24)8-16(25)19(15)32-20(18)21(26)29/h1-8,10H,9H2,(H2,26,29)(H,28,30). The second kappa shape index (κ2) is 8.64. The number of pyridine rings is 1. The summed E-state index contributed by atoms with van der Waals surface area (Å²) in [5.74, 6) is -3.15. The van der Waals surface area contributed by atoms with Crippen molar-refractivity contribution in [2.75, 3.05) is 5.32 Å². The maximum absolute atomic E-state index is 14.0. The average molecular weight is 458 g/mol. The lowest BCUT2D eigenvalue weighted by Gasteiger charge is -2.08. The van der Waals surface area contributed by atoms with Crippen molar-refractivity contribution in [3.05, 3.63) is 83.2 Å². The number of carbonyl (C=O) groups is 2. The van der Waals surface area contributed by atoms with Crippen LogP contribution in [0.2, 0.25) is 0 Å². The molecule has 0 aliphatic heterocycles. The molecule has 0 fully saturated rings. The van der Waals surface area contributed by atoms with Gasteiger partial charge in [0.1, 0.15) is 17.3 Å². The number of hydrogen-bond acceptors (Lipinski definition) is 5. The Morgan fingerprint density at radius 3 is 2.66 bits per heavy atom. The number of nitrogens with zero attached hydrogens (tertiary/aromatic N) is 1. The lowest BCUT2D eigenvalue weighted by Crippen LogP contribution is -2.17. The number of hydrogen-bond donors (Lipinski definition) is 2. The second-order valence-corrected chi connectivity index (χ2v) is 6.92. The number of benzene rings is 2. The first kappa shape index (κ1) is 21.3. The number of primary amides is 1. The zero-order chi connectivity index (χ0) is 22.8. The number of nitrogens with one attached hydrogen (secondary N) is 1. The van der Waals surface area contributed by atoms with Crippen LogP contribution in [-0.2, 0) is 5.88 Å². The van der Waals surface area contributed by atoms with E-state index < -0.39 is 34.8 Å². The van der Waals surface area contributed by atoms with E-state index in [0.717, 1.165) is 11.6 Å². The van der Waals surface area contributed by atoms with Gasteiger partial charge in [-0.1, -0.05) is 12.1 Å². The van der Waals surface area contributed by atoms with E-state index in [1.165, 1.54) is 18.3 Å². The third-order valence-corrected chi connectivity index (χ3v) is 4.75. The SMILES string of the molecule is NC(=O)c1oc2c(F)cc(F)cc2c1NC(=O)c1ccc(Oc2cccc(CCl)c2)nc1. The van der Waals surface area contributed by atoms with Crippen molar-refractivity contribution in [2.24, 2.45) is 5.73 Å². The molecule has 0 aliphatic carbocycles. The molecule has 2 aromatic heterocycles. The van der Waals surface area contributed by atoms with Gasteiger partial charge in [0.25, 0.3) is 11.8 Å². The lowest BCUT2D eigenvalue weighted by molar-refractivity contribution is 0.0977. The Morgan fingerprint density at radius 1 is 1.16 bits per heavy atom. The summed E-state index contributed by atoms with van der Waals surface area (Å²) in [7, 11) is 0. The van der Waals surface area contributed by atoms with Gasteiger partial charge < -0.3 is 20.2 Å². The molecular weight excluding hydrogens is 444 g/mol. The van der Waals surface area contributed by atoms with Gasteiger partial charge in [0.2, 0.25) is 11.6 Å². The van der Waals surface area contributed by atoms with E-state index in [9.17, 15) is 18.4 Å². The van der Waals surface area contributed by atoms with Crippen LogP contribution in [0.1, 0.15) is 26.5 Å². The number of fused-ring (bicyclic) bond motifs is 1. The van der Waals surface area contributed by atoms with E-state index in [2.05, 4.69) is 10.3 Å². The number of alkyl halides is 1. The summed E-state index contributed by atoms with van der Waals surface area (Å²) in [6.45, 7) is 0. The van der Waals surface area contributed by atoms with Crippen LogP contribution in [0.25, 0.3) is 11.0 Å². The summed E-state index contributed by atoms with van der Waals surface area (Å²) < 4.78 is 38.4. The van der Waals surface area contributed by atoms with Gasteiger partial charge in [-0.15, -0.1) is 11.6 Å². The molecule has 0 spiro atoms. The number of anilines is 1. The van der Waals surface area contributed by atoms with Crippen molar-refractivity contribution in [1.82, 2.24) is 4.98 Å². The molecule has 0 saturated carbocycles. The average Bonchev–Trinajstić information content (AvgIpc) is 3.13. The van der Waals surface area contributed by atoms with Gasteiger partial charge >= 0.3 is 0 Å². The molecule has 2 heterocycles. The van der Waals surface area contributed by atoms with Gasteiger partial charge in [-0.25, -0.2) is 13.8 Å². The third kappa shape index (κ3) is 4.23.